The quantitative estimate of drug-likeness (QED) is 0.430. The number of hydrogen-bond acceptors (Lipinski definition) is 1. The number of amides is 1. The van der Waals surface area contributed by atoms with Gasteiger partial charge >= 0.3 is 0 Å². The Morgan fingerprint density at radius 3 is 2.67 bits per heavy atom. The van der Waals surface area contributed by atoms with Gasteiger partial charge in [-0.25, -0.2) is 0 Å². The lowest BCUT2D eigenvalue weighted by Crippen LogP contribution is -2.28. The van der Waals surface area contributed by atoms with Gasteiger partial charge < -0.3 is 5.32 Å². The largest absolute Gasteiger partial charge is 0.350 e. The molecule has 1 amide bonds. The van der Waals surface area contributed by atoms with E-state index >= 15 is 0 Å². The van der Waals surface area contributed by atoms with Crippen LogP contribution in [0.5, 0.6) is 0 Å². The van der Waals surface area contributed by atoms with Gasteiger partial charge in [-0.1, -0.05) is 6.58 Å². The second-order valence-electron chi connectivity index (χ2n) is 2.01. The Morgan fingerprint density at radius 2 is 2.33 bits per heavy atom. The molecule has 9 heavy (non-hydrogen) atoms. The van der Waals surface area contributed by atoms with E-state index in [0.29, 0.717) is 0 Å². The van der Waals surface area contributed by atoms with E-state index in [1.54, 1.807) is 0 Å². The van der Waals surface area contributed by atoms with Crippen LogP contribution in [-0.2, 0) is 4.79 Å². The van der Waals surface area contributed by atoms with Crippen molar-refractivity contribution in [1.82, 2.24) is 5.32 Å². The molecule has 2 heteroatoms. The molecule has 0 aromatic heterocycles. The van der Waals surface area contributed by atoms with Crippen LogP contribution in [0.3, 0.4) is 0 Å². The Hall–Kier alpha value is -1.01. The first kappa shape index (κ1) is 7.99. The summed E-state index contributed by atoms with van der Waals surface area (Å²) in [5.41, 5.74) is 2.39. The zero-order valence-corrected chi connectivity index (χ0v) is 5.77. The molecule has 0 fully saturated rings. The van der Waals surface area contributed by atoms with E-state index in [4.69, 9.17) is 0 Å². The highest BCUT2D eigenvalue weighted by atomic mass is 16.1. The highest BCUT2D eigenvalue weighted by Gasteiger charge is 1.94. The smallest absolute Gasteiger partial charge is 0.251 e. The summed E-state index contributed by atoms with van der Waals surface area (Å²) in [5, 5.41) is 2.65. The van der Waals surface area contributed by atoms with Crippen molar-refractivity contribution in [1.29, 1.82) is 0 Å². The van der Waals surface area contributed by atoms with Crippen molar-refractivity contribution in [3.8, 4) is 0 Å². The zero-order valence-electron chi connectivity index (χ0n) is 5.77. The molecule has 0 radical (unpaired) electrons. The van der Waals surface area contributed by atoms with Gasteiger partial charge in [0, 0.05) is 12.1 Å². The van der Waals surface area contributed by atoms with Crippen molar-refractivity contribution < 1.29 is 4.79 Å². The Labute approximate surface area is 55.3 Å². The first-order valence-corrected chi connectivity index (χ1v) is 2.83. The third kappa shape index (κ3) is 4.85. The van der Waals surface area contributed by atoms with E-state index in [1.807, 2.05) is 13.8 Å². The van der Waals surface area contributed by atoms with Gasteiger partial charge in [0.15, 0.2) is 0 Å². The number of carbonyl (C=O) groups excluding carboxylic acids is 1. The molecule has 0 heterocycles. The van der Waals surface area contributed by atoms with Gasteiger partial charge in [-0.15, -0.1) is 5.73 Å². The highest BCUT2D eigenvalue weighted by Crippen LogP contribution is 1.76. The summed E-state index contributed by atoms with van der Waals surface area (Å²) in [6.45, 7) is 7.06. The van der Waals surface area contributed by atoms with Gasteiger partial charge in [0.05, 0.1) is 0 Å². The lowest BCUT2D eigenvalue weighted by atomic mass is 10.4. The van der Waals surface area contributed by atoms with E-state index in [2.05, 4.69) is 17.6 Å². The molecule has 0 atom stereocenters. The van der Waals surface area contributed by atoms with E-state index in [0.717, 1.165) is 0 Å². The van der Waals surface area contributed by atoms with E-state index in [1.165, 1.54) is 6.08 Å². The lowest BCUT2D eigenvalue weighted by molar-refractivity contribution is -0.116. The standard InChI is InChI=1S/C7H11NO/c1-4-5-7(9)8-6(2)3/h5-6H,1H2,2-3H3,(H,8,9). The van der Waals surface area contributed by atoms with E-state index in [-0.39, 0.29) is 11.9 Å². The maximum absolute atomic E-state index is 10.6. The fourth-order valence-electron chi connectivity index (χ4n) is 0.419. The van der Waals surface area contributed by atoms with Crippen LogP contribution in [0.15, 0.2) is 18.4 Å². The Balaban J connectivity index is 3.64. The third-order valence-electron chi connectivity index (χ3n) is 0.664. The molecule has 1 N–H and O–H groups in total. The van der Waals surface area contributed by atoms with Crippen LogP contribution in [0.25, 0.3) is 0 Å². The van der Waals surface area contributed by atoms with Gasteiger partial charge in [-0.3, -0.25) is 4.79 Å². The van der Waals surface area contributed by atoms with Crippen LogP contribution in [0.4, 0.5) is 0 Å². The van der Waals surface area contributed by atoms with E-state index < -0.39 is 0 Å². The molecule has 2 nitrogen and oxygen atoms in total. The molecule has 0 aromatic rings. The normalized spacial score (nSPS) is 8.33. The SMILES string of the molecule is C=C=CC(=O)NC(C)C. The molecule has 0 aliphatic heterocycles. The summed E-state index contributed by atoms with van der Waals surface area (Å²) < 4.78 is 0. The van der Waals surface area contributed by atoms with Gasteiger partial charge in [0.2, 0.25) is 0 Å². The van der Waals surface area contributed by atoms with Gasteiger partial charge in [-0.2, -0.15) is 0 Å². The van der Waals surface area contributed by atoms with Crippen LogP contribution < -0.4 is 5.32 Å². The molecule has 0 rings (SSSR count). The van der Waals surface area contributed by atoms with Crippen LogP contribution in [-0.4, -0.2) is 11.9 Å². The van der Waals surface area contributed by atoms with Gasteiger partial charge in [-0.05, 0) is 13.8 Å². The van der Waals surface area contributed by atoms with Crippen LogP contribution >= 0.6 is 0 Å². The average Bonchev–Trinajstić information content (AvgIpc) is 1.63. The third-order valence-corrected chi connectivity index (χ3v) is 0.664. The maximum Gasteiger partial charge on any atom is 0.251 e. The summed E-state index contributed by atoms with van der Waals surface area (Å²) >= 11 is 0. The van der Waals surface area contributed by atoms with Crippen molar-refractivity contribution in [3.05, 3.63) is 18.4 Å². The molecule has 0 unspecified atom stereocenters. The molecule has 0 aliphatic carbocycles. The summed E-state index contributed by atoms with van der Waals surface area (Å²) in [6, 6.07) is 0.182. The molecule has 50 valence electrons. The molecule has 0 saturated heterocycles. The Morgan fingerprint density at radius 1 is 1.78 bits per heavy atom. The topological polar surface area (TPSA) is 29.1 Å². The predicted molar refractivity (Wildman–Crippen MR) is 37.0 cm³/mol. The number of hydrogen-bond donors (Lipinski definition) is 1. The fourth-order valence-corrected chi connectivity index (χ4v) is 0.419. The van der Waals surface area contributed by atoms with Gasteiger partial charge in [0.1, 0.15) is 0 Å². The molecular formula is C7H11NO. The molecule has 0 bridgehead atoms. The Bertz CT molecular complexity index is 143. The average molecular weight is 125 g/mol. The van der Waals surface area contributed by atoms with Crippen molar-refractivity contribution in [2.24, 2.45) is 0 Å². The minimum absolute atomic E-state index is 0.139. The molecule has 0 saturated carbocycles. The number of carbonyl (C=O) groups is 1. The molecule has 0 aliphatic rings. The summed E-state index contributed by atoms with van der Waals surface area (Å²) in [7, 11) is 0. The molecule has 0 aromatic carbocycles. The predicted octanol–water partition coefficient (Wildman–Crippen LogP) is 0.852. The maximum atomic E-state index is 10.6. The van der Waals surface area contributed by atoms with Gasteiger partial charge in [0.25, 0.3) is 5.91 Å². The fraction of sp³-hybridized carbons (Fsp3) is 0.429. The van der Waals surface area contributed by atoms with Crippen LogP contribution in [0.2, 0.25) is 0 Å². The summed E-state index contributed by atoms with van der Waals surface area (Å²) in [5.74, 6) is -0.139. The number of nitrogens with one attached hydrogen (secondary N) is 1. The van der Waals surface area contributed by atoms with Crippen molar-refractivity contribution >= 4 is 5.91 Å². The molecule has 0 spiro atoms. The van der Waals surface area contributed by atoms with Crippen LogP contribution in [0.1, 0.15) is 13.8 Å². The Kier molecular flexibility index (Phi) is 3.49. The second-order valence-corrected chi connectivity index (χ2v) is 2.01. The van der Waals surface area contributed by atoms with Crippen molar-refractivity contribution in [3.63, 3.8) is 0 Å². The minimum atomic E-state index is -0.139. The first-order chi connectivity index (χ1) is 4.16. The second kappa shape index (κ2) is 3.93. The zero-order chi connectivity index (χ0) is 7.28. The summed E-state index contributed by atoms with van der Waals surface area (Å²) in [6.07, 6.45) is 1.28. The molecular weight excluding hydrogens is 114 g/mol. The monoisotopic (exact) mass is 125 g/mol. The summed E-state index contributed by atoms with van der Waals surface area (Å²) in [4.78, 5) is 10.6. The highest BCUT2D eigenvalue weighted by molar-refractivity contribution is 5.87. The van der Waals surface area contributed by atoms with Crippen molar-refractivity contribution in [2.75, 3.05) is 0 Å². The van der Waals surface area contributed by atoms with Crippen molar-refractivity contribution in [2.45, 2.75) is 19.9 Å². The first-order valence-electron chi connectivity index (χ1n) is 2.83. The minimum Gasteiger partial charge on any atom is -0.350 e. The number of rotatable bonds is 2. The van der Waals surface area contributed by atoms with E-state index in [9.17, 15) is 4.79 Å². The van der Waals surface area contributed by atoms with Crippen LogP contribution in [0, 0.1) is 0 Å². The lowest BCUT2D eigenvalue weighted by Gasteiger charge is -2.02.